The van der Waals surface area contributed by atoms with Crippen LogP contribution in [-0.4, -0.2) is 33.0 Å². The third-order valence-corrected chi connectivity index (χ3v) is 5.10. The first-order chi connectivity index (χ1) is 13.1. The van der Waals surface area contributed by atoms with Crippen molar-refractivity contribution in [2.24, 2.45) is 0 Å². The average Bonchev–Trinajstić information content (AvgIpc) is 3.08. The van der Waals surface area contributed by atoms with Crippen molar-refractivity contribution in [1.29, 1.82) is 0 Å². The molecule has 0 aliphatic carbocycles. The van der Waals surface area contributed by atoms with Gasteiger partial charge in [-0.25, -0.2) is 0 Å². The topological polar surface area (TPSA) is 61.5 Å². The molecule has 0 N–H and O–H groups in total. The number of hydrogen-bond donors (Lipinski definition) is 0. The van der Waals surface area contributed by atoms with Crippen molar-refractivity contribution in [2.75, 3.05) is 13.2 Å². The van der Waals surface area contributed by atoms with Crippen molar-refractivity contribution >= 4 is 48.3 Å². The fourth-order valence-electron chi connectivity index (χ4n) is 2.98. The molecule has 0 saturated carbocycles. The van der Waals surface area contributed by atoms with Crippen LogP contribution in [0.2, 0.25) is 0 Å². The molecule has 138 valence electrons. The van der Waals surface area contributed by atoms with Crippen LogP contribution in [0.3, 0.4) is 0 Å². The van der Waals surface area contributed by atoms with Crippen LogP contribution < -0.4 is 9.47 Å². The predicted molar refractivity (Wildman–Crippen MR) is 111 cm³/mol. The fraction of sp³-hybridized carbons (Fsp3) is 0.211. The van der Waals surface area contributed by atoms with Crippen molar-refractivity contribution in [2.45, 2.75) is 13.8 Å². The van der Waals surface area contributed by atoms with Crippen molar-refractivity contribution in [1.82, 2.24) is 19.8 Å². The van der Waals surface area contributed by atoms with E-state index in [1.807, 2.05) is 50.2 Å². The molecule has 0 fully saturated rings. The standard InChI is InChI=1S/C19H16Br2N4O2/c1-3-26-16-14(9-11(20)10-15(16)21)18-23-22-17-12-7-5-6-8-13(12)19(27-4-2)24-25(17)18/h5-10H,3-4H2,1-2H3. The first kappa shape index (κ1) is 18.2. The minimum absolute atomic E-state index is 0.520. The molecule has 0 spiro atoms. The molecule has 2 aromatic carbocycles. The highest BCUT2D eigenvalue weighted by molar-refractivity contribution is 9.11. The maximum absolute atomic E-state index is 5.85. The van der Waals surface area contributed by atoms with Crippen molar-refractivity contribution in [3.8, 4) is 23.0 Å². The number of aromatic nitrogens is 4. The van der Waals surface area contributed by atoms with E-state index in [9.17, 15) is 0 Å². The highest BCUT2D eigenvalue weighted by atomic mass is 79.9. The van der Waals surface area contributed by atoms with Crippen molar-refractivity contribution in [3.63, 3.8) is 0 Å². The summed E-state index contributed by atoms with van der Waals surface area (Å²) in [6.07, 6.45) is 0. The van der Waals surface area contributed by atoms with Gasteiger partial charge in [-0.15, -0.1) is 15.3 Å². The summed E-state index contributed by atoms with van der Waals surface area (Å²) < 4.78 is 15.1. The van der Waals surface area contributed by atoms with Gasteiger partial charge >= 0.3 is 0 Å². The molecular weight excluding hydrogens is 476 g/mol. The fourth-order valence-corrected chi connectivity index (χ4v) is 4.32. The molecule has 4 rings (SSSR count). The summed E-state index contributed by atoms with van der Waals surface area (Å²) in [5.74, 6) is 1.83. The van der Waals surface area contributed by atoms with Gasteiger partial charge in [0.15, 0.2) is 11.5 Å². The third kappa shape index (κ3) is 3.17. The van der Waals surface area contributed by atoms with Gasteiger partial charge in [-0.2, -0.15) is 4.52 Å². The number of nitrogens with zero attached hydrogens (tertiary/aromatic N) is 4. The maximum Gasteiger partial charge on any atom is 0.239 e. The van der Waals surface area contributed by atoms with E-state index in [4.69, 9.17) is 9.47 Å². The second-order valence-electron chi connectivity index (χ2n) is 5.74. The number of benzene rings is 2. The van der Waals surface area contributed by atoms with E-state index in [-0.39, 0.29) is 0 Å². The van der Waals surface area contributed by atoms with Crippen LogP contribution in [-0.2, 0) is 0 Å². The minimum Gasteiger partial charge on any atom is -0.492 e. The molecular formula is C19H16Br2N4O2. The van der Waals surface area contributed by atoms with E-state index < -0.39 is 0 Å². The molecule has 27 heavy (non-hydrogen) atoms. The Morgan fingerprint density at radius 3 is 2.44 bits per heavy atom. The highest BCUT2D eigenvalue weighted by Crippen LogP contribution is 2.39. The molecule has 6 nitrogen and oxygen atoms in total. The zero-order valence-electron chi connectivity index (χ0n) is 14.7. The number of halogens is 2. The lowest BCUT2D eigenvalue weighted by Gasteiger charge is -2.12. The van der Waals surface area contributed by atoms with Gasteiger partial charge in [0.1, 0.15) is 5.75 Å². The molecule has 0 bridgehead atoms. The smallest absolute Gasteiger partial charge is 0.239 e. The normalized spacial score (nSPS) is 11.3. The van der Waals surface area contributed by atoms with E-state index in [0.717, 1.165) is 25.3 Å². The molecule has 0 aliphatic rings. The van der Waals surface area contributed by atoms with Crippen LogP contribution in [0.1, 0.15) is 13.8 Å². The molecule has 8 heteroatoms. The Kier molecular flexibility index (Phi) is 5.01. The Bertz CT molecular complexity index is 1140. The number of hydrogen-bond acceptors (Lipinski definition) is 5. The minimum atomic E-state index is 0.520. The van der Waals surface area contributed by atoms with Crippen LogP contribution in [0.25, 0.3) is 27.8 Å². The Hall–Kier alpha value is -2.19. The molecule has 2 aromatic heterocycles. The van der Waals surface area contributed by atoms with Crippen molar-refractivity contribution in [3.05, 3.63) is 45.3 Å². The van der Waals surface area contributed by atoms with Gasteiger partial charge in [-0.05, 0) is 48.0 Å². The summed E-state index contributed by atoms with van der Waals surface area (Å²) in [5, 5.41) is 15.3. The summed E-state index contributed by atoms with van der Waals surface area (Å²) in [6, 6.07) is 11.8. The second kappa shape index (κ2) is 7.44. The van der Waals surface area contributed by atoms with E-state index in [2.05, 4.69) is 47.2 Å². The van der Waals surface area contributed by atoms with Crippen LogP contribution >= 0.6 is 31.9 Å². The zero-order chi connectivity index (χ0) is 19.0. The molecule has 0 aliphatic heterocycles. The molecule has 0 saturated heterocycles. The number of rotatable bonds is 5. The lowest BCUT2D eigenvalue weighted by molar-refractivity contribution is 0.326. The van der Waals surface area contributed by atoms with Crippen molar-refractivity contribution < 1.29 is 9.47 Å². The van der Waals surface area contributed by atoms with Gasteiger partial charge in [0.05, 0.1) is 23.2 Å². The molecule has 2 heterocycles. The molecule has 4 aromatic rings. The van der Waals surface area contributed by atoms with E-state index in [1.165, 1.54) is 0 Å². The molecule has 0 amide bonds. The Labute approximate surface area is 172 Å². The largest absolute Gasteiger partial charge is 0.492 e. The summed E-state index contributed by atoms with van der Waals surface area (Å²) in [5.41, 5.74) is 1.46. The summed E-state index contributed by atoms with van der Waals surface area (Å²) in [6.45, 7) is 4.93. The van der Waals surface area contributed by atoms with E-state index in [1.54, 1.807) is 4.52 Å². The Morgan fingerprint density at radius 2 is 1.70 bits per heavy atom. The van der Waals surface area contributed by atoms with Gasteiger partial charge in [0.25, 0.3) is 0 Å². The summed E-state index contributed by atoms with van der Waals surface area (Å²) in [4.78, 5) is 0. The van der Waals surface area contributed by atoms with Gasteiger partial charge in [-0.3, -0.25) is 0 Å². The first-order valence-corrected chi connectivity index (χ1v) is 10.1. The van der Waals surface area contributed by atoms with Gasteiger partial charge in [0.2, 0.25) is 5.88 Å². The summed E-state index contributed by atoms with van der Waals surface area (Å²) in [7, 11) is 0. The number of fused-ring (bicyclic) bond motifs is 3. The SMILES string of the molecule is CCOc1c(Br)cc(Br)cc1-c1nnc2c3ccccc3c(OCC)nn12. The molecule has 0 unspecified atom stereocenters. The molecule has 0 atom stereocenters. The van der Waals surface area contributed by atoms with E-state index >= 15 is 0 Å². The van der Waals surface area contributed by atoms with Crippen LogP contribution in [0, 0.1) is 0 Å². The monoisotopic (exact) mass is 490 g/mol. The maximum atomic E-state index is 5.85. The lowest BCUT2D eigenvalue weighted by atomic mass is 10.1. The van der Waals surface area contributed by atoms with Gasteiger partial charge in [-0.1, -0.05) is 34.1 Å². The van der Waals surface area contributed by atoms with Crippen LogP contribution in [0.5, 0.6) is 11.6 Å². The lowest BCUT2D eigenvalue weighted by Crippen LogP contribution is -2.03. The quantitative estimate of drug-likeness (QED) is 0.380. The van der Waals surface area contributed by atoms with Crippen LogP contribution in [0.4, 0.5) is 0 Å². The Balaban J connectivity index is 2.05. The summed E-state index contributed by atoms with van der Waals surface area (Å²) >= 11 is 7.11. The second-order valence-corrected chi connectivity index (χ2v) is 7.51. The third-order valence-electron chi connectivity index (χ3n) is 4.05. The van der Waals surface area contributed by atoms with Gasteiger partial charge < -0.3 is 9.47 Å². The first-order valence-electron chi connectivity index (χ1n) is 8.53. The Morgan fingerprint density at radius 1 is 0.963 bits per heavy atom. The number of ether oxygens (including phenoxy) is 2. The van der Waals surface area contributed by atoms with Crippen LogP contribution in [0.15, 0.2) is 45.3 Å². The predicted octanol–water partition coefficient (Wildman–Crippen LogP) is 5.27. The zero-order valence-corrected chi connectivity index (χ0v) is 17.9. The molecule has 0 radical (unpaired) electrons. The highest BCUT2D eigenvalue weighted by Gasteiger charge is 2.20. The average molecular weight is 492 g/mol. The van der Waals surface area contributed by atoms with Gasteiger partial charge in [0, 0.05) is 15.2 Å². The van der Waals surface area contributed by atoms with E-state index in [0.29, 0.717) is 36.3 Å².